The van der Waals surface area contributed by atoms with Crippen LogP contribution in [0.5, 0.6) is 0 Å². The summed E-state index contributed by atoms with van der Waals surface area (Å²) in [7, 11) is 0. The molecule has 3 heterocycles. The molecule has 1 aromatic rings. The minimum Gasteiger partial charge on any atom is -0.315 e. The summed E-state index contributed by atoms with van der Waals surface area (Å²) in [4.78, 5) is 0. The first-order valence-corrected chi connectivity index (χ1v) is 6.46. The van der Waals surface area contributed by atoms with Gasteiger partial charge in [0.1, 0.15) is 0 Å². The van der Waals surface area contributed by atoms with Gasteiger partial charge >= 0.3 is 0 Å². The Balaban J connectivity index is 1.85. The van der Waals surface area contributed by atoms with E-state index in [1.54, 1.807) is 0 Å². The summed E-state index contributed by atoms with van der Waals surface area (Å²) in [6.45, 7) is 4.17. The Hall–Kier alpha value is -1.20. The summed E-state index contributed by atoms with van der Waals surface area (Å²) in [5.74, 6) is 0. The van der Waals surface area contributed by atoms with Gasteiger partial charge in [-0.15, -0.1) is 5.10 Å². The molecule has 0 saturated carbocycles. The van der Waals surface area contributed by atoms with Crippen LogP contribution in [0.2, 0.25) is 0 Å². The van der Waals surface area contributed by atoms with Gasteiger partial charge in [-0.25, -0.2) is 4.68 Å². The van der Waals surface area contributed by atoms with E-state index in [0.717, 1.165) is 32.6 Å². The molecule has 1 saturated heterocycles. The number of nitrogens with zero attached hydrogens (tertiary/aromatic N) is 3. The maximum absolute atomic E-state index is 4.28. The number of hydrogen-bond acceptors (Lipinski definition) is 4. The van der Waals surface area contributed by atoms with Crippen LogP contribution in [0, 0.1) is 0 Å². The van der Waals surface area contributed by atoms with E-state index in [4.69, 9.17) is 0 Å². The van der Waals surface area contributed by atoms with E-state index in [9.17, 15) is 0 Å². The van der Waals surface area contributed by atoms with Crippen LogP contribution in [0.25, 0.3) is 5.57 Å². The molecule has 1 fully saturated rings. The molecule has 1 atom stereocenters. The molecule has 0 aliphatic carbocycles. The van der Waals surface area contributed by atoms with Gasteiger partial charge in [0.15, 0.2) is 0 Å². The van der Waals surface area contributed by atoms with Crippen molar-refractivity contribution in [3.05, 3.63) is 18.0 Å². The molecule has 0 aromatic carbocycles. The van der Waals surface area contributed by atoms with Crippen LogP contribution in [-0.4, -0.2) is 41.2 Å². The first kappa shape index (κ1) is 10.9. The molecule has 3 rings (SSSR count). The van der Waals surface area contributed by atoms with Gasteiger partial charge in [0.05, 0.1) is 17.9 Å². The normalized spacial score (nSPS) is 25.6. The maximum Gasteiger partial charge on any atom is 0.0846 e. The van der Waals surface area contributed by atoms with Crippen molar-refractivity contribution in [3.63, 3.8) is 0 Å². The van der Waals surface area contributed by atoms with E-state index >= 15 is 0 Å². The van der Waals surface area contributed by atoms with Crippen molar-refractivity contribution in [1.82, 2.24) is 25.6 Å². The van der Waals surface area contributed by atoms with Gasteiger partial charge in [0, 0.05) is 13.1 Å². The Kier molecular flexibility index (Phi) is 3.20. The molecule has 5 nitrogen and oxygen atoms in total. The van der Waals surface area contributed by atoms with Gasteiger partial charge in [-0.3, -0.25) is 0 Å². The van der Waals surface area contributed by atoms with Crippen LogP contribution >= 0.6 is 0 Å². The number of aromatic nitrogens is 3. The minimum absolute atomic E-state index is 0.469. The van der Waals surface area contributed by atoms with Crippen molar-refractivity contribution in [1.29, 1.82) is 0 Å². The second-order valence-corrected chi connectivity index (χ2v) is 4.75. The van der Waals surface area contributed by atoms with Gasteiger partial charge in [0.25, 0.3) is 0 Å². The smallest absolute Gasteiger partial charge is 0.0846 e. The molecule has 0 amide bonds. The molecule has 5 heteroatoms. The molecule has 1 unspecified atom stereocenters. The first-order valence-electron chi connectivity index (χ1n) is 6.46. The molecule has 0 bridgehead atoms. The highest BCUT2D eigenvalue weighted by Gasteiger charge is 2.20. The van der Waals surface area contributed by atoms with Crippen molar-refractivity contribution >= 4 is 5.57 Å². The van der Waals surface area contributed by atoms with E-state index in [-0.39, 0.29) is 0 Å². The van der Waals surface area contributed by atoms with Crippen LogP contribution in [-0.2, 0) is 0 Å². The fraction of sp³-hybridized carbons (Fsp3) is 0.667. The predicted octanol–water partition coefficient (Wildman–Crippen LogP) is 0.579. The van der Waals surface area contributed by atoms with Gasteiger partial charge in [-0.1, -0.05) is 11.3 Å². The van der Waals surface area contributed by atoms with E-state index in [1.165, 1.54) is 24.1 Å². The van der Waals surface area contributed by atoms with Gasteiger partial charge in [-0.2, -0.15) is 0 Å². The van der Waals surface area contributed by atoms with E-state index < -0.39 is 0 Å². The Morgan fingerprint density at radius 3 is 3.06 bits per heavy atom. The zero-order chi connectivity index (χ0) is 11.5. The summed E-state index contributed by atoms with van der Waals surface area (Å²) in [5, 5.41) is 15.1. The first-order chi connectivity index (χ1) is 8.45. The highest BCUT2D eigenvalue weighted by atomic mass is 15.4. The molecule has 0 spiro atoms. The molecular weight excluding hydrogens is 214 g/mol. The average Bonchev–Trinajstić information content (AvgIpc) is 2.90. The number of hydrogen-bond donors (Lipinski definition) is 2. The van der Waals surface area contributed by atoms with Crippen molar-refractivity contribution in [2.75, 3.05) is 26.2 Å². The second-order valence-electron chi connectivity index (χ2n) is 4.75. The van der Waals surface area contributed by atoms with Crippen molar-refractivity contribution in [2.24, 2.45) is 0 Å². The quantitative estimate of drug-likeness (QED) is 0.784. The van der Waals surface area contributed by atoms with E-state index in [1.807, 2.05) is 6.20 Å². The molecule has 92 valence electrons. The van der Waals surface area contributed by atoms with Gasteiger partial charge < -0.3 is 10.6 Å². The Morgan fingerprint density at radius 2 is 2.29 bits per heavy atom. The van der Waals surface area contributed by atoms with Gasteiger partial charge in [-0.05, 0) is 37.9 Å². The largest absolute Gasteiger partial charge is 0.315 e. The lowest BCUT2D eigenvalue weighted by atomic mass is 10.0. The fourth-order valence-corrected chi connectivity index (χ4v) is 2.64. The topological polar surface area (TPSA) is 54.8 Å². The lowest BCUT2D eigenvalue weighted by molar-refractivity contribution is 0.339. The average molecular weight is 233 g/mol. The van der Waals surface area contributed by atoms with Crippen LogP contribution in [0.4, 0.5) is 0 Å². The van der Waals surface area contributed by atoms with E-state index in [2.05, 4.69) is 31.7 Å². The zero-order valence-electron chi connectivity index (χ0n) is 10.0. The molecule has 17 heavy (non-hydrogen) atoms. The third kappa shape index (κ3) is 2.25. The van der Waals surface area contributed by atoms with Crippen LogP contribution in [0.1, 0.15) is 31.0 Å². The molecule has 1 aromatic heterocycles. The molecule has 2 aliphatic heterocycles. The van der Waals surface area contributed by atoms with Crippen LogP contribution < -0.4 is 10.6 Å². The molecule has 2 N–H and O–H groups in total. The molecular formula is C12H19N5. The Bertz CT molecular complexity index is 403. The van der Waals surface area contributed by atoms with Crippen molar-refractivity contribution in [2.45, 2.75) is 25.3 Å². The third-order valence-electron chi connectivity index (χ3n) is 3.58. The summed E-state index contributed by atoms with van der Waals surface area (Å²) in [6.07, 6.45) is 7.67. The van der Waals surface area contributed by atoms with Crippen molar-refractivity contribution in [3.8, 4) is 0 Å². The highest BCUT2D eigenvalue weighted by molar-refractivity contribution is 5.63. The van der Waals surface area contributed by atoms with Crippen LogP contribution in [0.15, 0.2) is 12.3 Å². The number of rotatable bonds is 2. The SMILES string of the molecule is C1=C(c2cnnn2C2CCCNC2)CCNC1. The van der Waals surface area contributed by atoms with Crippen molar-refractivity contribution < 1.29 is 0 Å². The lowest BCUT2D eigenvalue weighted by Gasteiger charge is -2.25. The summed E-state index contributed by atoms with van der Waals surface area (Å²) < 4.78 is 2.11. The Labute approximate surface area is 101 Å². The van der Waals surface area contributed by atoms with E-state index in [0.29, 0.717) is 6.04 Å². The predicted molar refractivity (Wildman–Crippen MR) is 66.6 cm³/mol. The number of nitrogens with one attached hydrogen (secondary N) is 2. The second kappa shape index (κ2) is 4.98. The van der Waals surface area contributed by atoms with Crippen LogP contribution in [0.3, 0.4) is 0 Å². The lowest BCUT2D eigenvalue weighted by Crippen LogP contribution is -2.33. The van der Waals surface area contributed by atoms with Gasteiger partial charge in [0.2, 0.25) is 0 Å². The monoisotopic (exact) mass is 233 g/mol. The fourth-order valence-electron chi connectivity index (χ4n) is 2.64. The maximum atomic E-state index is 4.28. The highest BCUT2D eigenvalue weighted by Crippen LogP contribution is 2.24. The number of piperidine rings is 1. The minimum atomic E-state index is 0.469. The summed E-state index contributed by atoms with van der Waals surface area (Å²) in [6, 6.07) is 0.469. The zero-order valence-corrected chi connectivity index (χ0v) is 10.0. The molecule has 0 radical (unpaired) electrons. The molecule has 2 aliphatic rings. The summed E-state index contributed by atoms with van der Waals surface area (Å²) >= 11 is 0. The summed E-state index contributed by atoms with van der Waals surface area (Å²) in [5.41, 5.74) is 2.60. The Morgan fingerprint density at radius 1 is 1.29 bits per heavy atom. The third-order valence-corrected chi connectivity index (χ3v) is 3.58. The standard InChI is InChI=1S/C12H19N5/c1-2-11(8-14-5-1)17-12(9-15-16-17)10-3-6-13-7-4-10/h3,9,11,13-14H,1-2,4-8H2.